The molecule has 2 aromatic carbocycles. The first-order chi connectivity index (χ1) is 13.0. The van der Waals surface area contributed by atoms with Crippen molar-refractivity contribution in [3.63, 3.8) is 0 Å². The monoisotopic (exact) mass is 424 g/mol. The van der Waals surface area contributed by atoms with Crippen LogP contribution in [0.4, 0.5) is 0 Å². The van der Waals surface area contributed by atoms with Crippen molar-refractivity contribution in [3.8, 4) is 0 Å². The number of amides is 2. The summed E-state index contributed by atoms with van der Waals surface area (Å²) in [7, 11) is 0. The second kappa shape index (κ2) is 8.96. The van der Waals surface area contributed by atoms with E-state index in [1.807, 2.05) is 24.3 Å². The summed E-state index contributed by atoms with van der Waals surface area (Å²) < 4.78 is 0. The molecule has 1 aliphatic heterocycles. The molecule has 1 atom stereocenters. The number of halogens is 3. The Bertz CT molecular complexity index is 857. The molecule has 1 unspecified atom stereocenters. The number of hydrogen-bond donors (Lipinski definition) is 1. The van der Waals surface area contributed by atoms with Gasteiger partial charge < -0.3 is 10.2 Å². The minimum atomic E-state index is -0.494. The molecule has 0 spiro atoms. The van der Waals surface area contributed by atoms with Gasteiger partial charge in [0.25, 0.3) is 5.91 Å². The van der Waals surface area contributed by atoms with Crippen LogP contribution in [-0.2, 0) is 11.2 Å². The standard InChI is InChI=1S/C20H19Cl3N2O2/c21-14-4-1-3-13(11-14)8-9-24-19(26)18-5-2-10-25(18)20(27)16-12-15(22)6-7-17(16)23/h1,3-4,6-7,11-12,18H,2,5,8-10H2,(H,24,26). The number of carbonyl (C=O) groups is 2. The highest BCUT2D eigenvalue weighted by Crippen LogP contribution is 2.26. The quantitative estimate of drug-likeness (QED) is 0.760. The van der Waals surface area contributed by atoms with Gasteiger partial charge >= 0.3 is 0 Å². The van der Waals surface area contributed by atoms with Crippen LogP contribution < -0.4 is 5.32 Å². The van der Waals surface area contributed by atoms with Gasteiger partial charge in [0, 0.05) is 23.1 Å². The Morgan fingerprint density at radius 1 is 1.07 bits per heavy atom. The highest BCUT2D eigenvalue weighted by atomic mass is 35.5. The van der Waals surface area contributed by atoms with Crippen LogP contribution in [0.2, 0.25) is 15.1 Å². The van der Waals surface area contributed by atoms with Gasteiger partial charge in [0.05, 0.1) is 10.6 Å². The Kier molecular flexibility index (Phi) is 6.64. The molecule has 0 aromatic heterocycles. The van der Waals surface area contributed by atoms with E-state index in [9.17, 15) is 9.59 Å². The molecule has 142 valence electrons. The molecule has 3 rings (SSSR count). The highest BCUT2D eigenvalue weighted by Gasteiger charge is 2.35. The summed E-state index contributed by atoms with van der Waals surface area (Å²) in [6, 6.07) is 11.8. The van der Waals surface area contributed by atoms with E-state index < -0.39 is 6.04 Å². The van der Waals surface area contributed by atoms with E-state index in [-0.39, 0.29) is 11.8 Å². The lowest BCUT2D eigenvalue weighted by Gasteiger charge is -2.24. The number of nitrogens with zero attached hydrogens (tertiary/aromatic N) is 1. The molecular formula is C20H19Cl3N2O2. The zero-order chi connectivity index (χ0) is 19.4. The Balaban J connectivity index is 1.62. The molecule has 2 aromatic rings. The second-order valence-electron chi connectivity index (χ2n) is 6.45. The predicted molar refractivity (Wildman–Crippen MR) is 109 cm³/mol. The highest BCUT2D eigenvalue weighted by molar-refractivity contribution is 6.35. The topological polar surface area (TPSA) is 49.4 Å². The van der Waals surface area contributed by atoms with Crippen LogP contribution in [0.3, 0.4) is 0 Å². The van der Waals surface area contributed by atoms with Crippen molar-refractivity contribution in [1.82, 2.24) is 10.2 Å². The first kappa shape index (κ1) is 20.0. The smallest absolute Gasteiger partial charge is 0.256 e. The van der Waals surface area contributed by atoms with E-state index in [4.69, 9.17) is 34.8 Å². The number of carbonyl (C=O) groups excluding carboxylic acids is 2. The van der Waals surface area contributed by atoms with E-state index in [0.717, 1.165) is 12.0 Å². The van der Waals surface area contributed by atoms with Gasteiger partial charge in [-0.15, -0.1) is 0 Å². The van der Waals surface area contributed by atoms with Gasteiger partial charge in [-0.1, -0.05) is 46.9 Å². The van der Waals surface area contributed by atoms with Crippen molar-refractivity contribution in [3.05, 3.63) is 68.7 Å². The molecule has 1 aliphatic rings. The van der Waals surface area contributed by atoms with Crippen LogP contribution in [0.25, 0.3) is 0 Å². The van der Waals surface area contributed by atoms with Crippen LogP contribution in [0.1, 0.15) is 28.8 Å². The summed E-state index contributed by atoms with van der Waals surface area (Å²) in [4.78, 5) is 27.0. The Labute approximate surface area is 173 Å². The molecule has 0 aliphatic carbocycles. The van der Waals surface area contributed by atoms with E-state index in [1.54, 1.807) is 23.1 Å². The number of benzene rings is 2. The van der Waals surface area contributed by atoms with Crippen LogP contribution >= 0.6 is 34.8 Å². The fraction of sp³-hybridized carbons (Fsp3) is 0.300. The number of nitrogens with one attached hydrogen (secondary N) is 1. The minimum absolute atomic E-state index is 0.152. The van der Waals surface area contributed by atoms with Crippen molar-refractivity contribution in [2.45, 2.75) is 25.3 Å². The van der Waals surface area contributed by atoms with Crippen LogP contribution in [0, 0.1) is 0 Å². The number of likely N-dealkylation sites (tertiary alicyclic amines) is 1. The van der Waals surface area contributed by atoms with Gasteiger partial charge in [0.2, 0.25) is 5.91 Å². The van der Waals surface area contributed by atoms with Gasteiger partial charge in [-0.3, -0.25) is 9.59 Å². The third kappa shape index (κ3) is 4.95. The van der Waals surface area contributed by atoms with Crippen LogP contribution in [0.5, 0.6) is 0 Å². The van der Waals surface area contributed by atoms with E-state index in [0.29, 0.717) is 46.6 Å². The fourth-order valence-electron chi connectivity index (χ4n) is 3.24. The lowest BCUT2D eigenvalue weighted by atomic mass is 10.1. The van der Waals surface area contributed by atoms with Crippen molar-refractivity contribution in [1.29, 1.82) is 0 Å². The second-order valence-corrected chi connectivity index (χ2v) is 7.73. The molecule has 27 heavy (non-hydrogen) atoms. The van der Waals surface area contributed by atoms with Gasteiger partial charge in [-0.25, -0.2) is 0 Å². The summed E-state index contributed by atoms with van der Waals surface area (Å²) in [5, 5.41) is 4.36. The number of hydrogen-bond acceptors (Lipinski definition) is 2. The van der Waals surface area contributed by atoms with E-state index in [2.05, 4.69) is 5.32 Å². The molecule has 0 radical (unpaired) electrons. The van der Waals surface area contributed by atoms with E-state index >= 15 is 0 Å². The van der Waals surface area contributed by atoms with Gasteiger partial charge in [0.15, 0.2) is 0 Å². The summed E-state index contributed by atoms with van der Waals surface area (Å²) in [6.07, 6.45) is 2.08. The third-order valence-electron chi connectivity index (χ3n) is 4.58. The molecule has 2 amide bonds. The average Bonchev–Trinajstić information content (AvgIpc) is 3.13. The normalized spacial score (nSPS) is 16.4. The molecule has 7 heteroatoms. The van der Waals surface area contributed by atoms with Crippen molar-refractivity contribution in [2.75, 3.05) is 13.1 Å². The fourth-order valence-corrected chi connectivity index (χ4v) is 3.82. The molecular weight excluding hydrogens is 407 g/mol. The molecule has 1 heterocycles. The predicted octanol–water partition coefficient (Wildman–Crippen LogP) is 4.61. The van der Waals surface area contributed by atoms with Crippen molar-refractivity contribution >= 4 is 46.6 Å². The summed E-state index contributed by atoms with van der Waals surface area (Å²) >= 11 is 18.1. The Morgan fingerprint density at radius 3 is 2.63 bits per heavy atom. The van der Waals surface area contributed by atoms with Gasteiger partial charge in [0.1, 0.15) is 6.04 Å². The van der Waals surface area contributed by atoms with Crippen LogP contribution in [0.15, 0.2) is 42.5 Å². The van der Waals surface area contributed by atoms with Gasteiger partial charge in [-0.05, 0) is 55.2 Å². The molecule has 1 saturated heterocycles. The van der Waals surface area contributed by atoms with Gasteiger partial charge in [-0.2, -0.15) is 0 Å². The Hall–Kier alpha value is -1.75. The van der Waals surface area contributed by atoms with Crippen LogP contribution in [-0.4, -0.2) is 35.8 Å². The summed E-state index contributed by atoms with van der Waals surface area (Å²) in [6.45, 7) is 1.00. The molecule has 1 fully saturated rings. The van der Waals surface area contributed by atoms with Crippen molar-refractivity contribution < 1.29 is 9.59 Å². The zero-order valence-corrected chi connectivity index (χ0v) is 16.8. The third-order valence-corrected chi connectivity index (χ3v) is 5.38. The lowest BCUT2D eigenvalue weighted by Crippen LogP contribution is -2.46. The molecule has 1 N–H and O–H groups in total. The Morgan fingerprint density at radius 2 is 1.85 bits per heavy atom. The summed E-state index contributed by atoms with van der Waals surface area (Å²) in [5.74, 6) is -0.420. The zero-order valence-electron chi connectivity index (χ0n) is 14.6. The first-order valence-corrected chi connectivity index (χ1v) is 9.87. The maximum absolute atomic E-state index is 12.9. The summed E-state index contributed by atoms with van der Waals surface area (Å²) in [5.41, 5.74) is 1.37. The van der Waals surface area contributed by atoms with E-state index in [1.165, 1.54) is 0 Å². The SMILES string of the molecule is O=C(NCCc1cccc(Cl)c1)C1CCCN1C(=O)c1cc(Cl)ccc1Cl. The maximum atomic E-state index is 12.9. The molecule has 0 bridgehead atoms. The molecule has 0 saturated carbocycles. The largest absolute Gasteiger partial charge is 0.354 e. The number of rotatable bonds is 5. The average molecular weight is 426 g/mol. The minimum Gasteiger partial charge on any atom is -0.354 e. The maximum Gasteiger partial charge on any atom is 0.256 e. The lowest BCUT2D eigenvalue weighted by molar-refractivity contribution is -0.124. The van der Waals surface area contributed by atoms with Crippen molar-refractivity contribution in [2.24, 2.45) is 0 Å². The first-order valence-electron chi connectivity index (χ1n) is 8.74. The molecule has 4 nitrogen and oxygen atoms in total.